The van der Waals surface area contributed by atoms with Crippen LogP contribution in [0.3, 0.4) is 0 Å². The lowest BCUT2D eigenvalue weighted by atomic mass is 10.2. The summed E-state index contributed by atoms with van der Waals surface area (Å²) in [7, 11) is -3.32. The average Bonchev–Trinajstić information content (AvgIpc) is 3.06. The molecule has 2 aliphatic heterocycles. The normalized spacial score (nSPS) is 23.3. The van der Waals surface area contributed by atoms with Crippen LogP contribution in [0.15, 0.2) is 23.1 Å². The molecule has 1 fully saturated rings. The monoisotopic (exact) mass is 280 g/mol. The number of nitrogens with one attached hydrogen (secondary N) is 1. The summed E-state index contributed by atoms with van der Waals surface area (Å²) >= 11 is 0. The third-order valence-corrected chi connectivity index (χ3v) is 6.14. The predicted octanol–water partition coefficient (Wildman–Crippen LogP) is 2.22. The van der Waals surface area contributed by atoms with Gasteiger partial charge in [-0.15, -0.1) is 0 Å². The average molecular weight is 280 g/mol. The largest absolute Gasteiger partial charge is 0.384 e. The highest BCUT2D eigenvalue weighted by Gasteiger charge is 2.34. The Morgan fingerprint density at radius 2 is 2.26 bits per heavy atom. The van der Waals surface area contributed by atoms with E-state index in [0.29, 0.717) is 11.4 Å². The third-order valence-electron chi connectivity index (χ3n) is 4.19. The Morgan fingerprint density at radius 3 is 3.05 bits per heavy atom. The lowest BCUT2D eigenvalue weighted by molar-refractivity contribution is 0.379. The molecule has 2 heterocycles. The Bertz CT molecular complexity index is 583. The predicted molar refractivity (Wildman–Crippen MR) is 75.8 cm³/mol. The van der Waals surface area contributed by atoms with Gasteiger partial charge in [0, 0.05) is 24.8 Å². The van der Waals surface area contributed by atoms with Gasteiger partial charge < -0.3 is 5.32 Å². The molecule has 104 valence electrons. The molecule has 1 saturated heterocycles. The van der Waals surface area contributed by atoms with E-state index in [1.807, 2.05) is 12.1 Å². The van der Waals surface area contributed by atoms with Crippen molar-refractivity contribution in [3.05, 3.63) is 23.8 Å². The van der Waals surface area contributed by atoms with Gasteiger partial charge in [-0.05, 0) is 49.4 Å². The number of hydrogen-bond donors (Lipinski definition) is 1. The summed E-state index contributed by atoms with van der Waals surface area (Å²) in [5.41, 5.74) is 2.20. The van der Waals surface area contributed by atoms with Gasteiger partial charge in [0.25, 0.3) is 0 Å². The molecule has 1 aromatic carbocycles. The summed E-state index contributed by atoms with van der Waals surface area (Å²) in [6.07, 6.45) is 3.77. The maximum atomic E-state index is 12.7. The summed E-state index contributed by atoms with van der Waals surface area (Å²) < 4.78 is 27.1. The molecule has 0 aliphatic carbocycles. The highest BCUT2D eigenvalue weighted by atomic mass is 32.2. The molecule has 0 bridgehead atoms. The Hall–Kier alpha value is -1.07. The molecule has 0 spiro atoms. The van der Waals surface area contributed by atoms with Crippen LogP contribution in [0.1, 0.15) is 31.7 Å². The molecule has 0 amide bonds. The fraction of sp³-hybridized carbons (Fsp3) is 0.571. The number of sulfonamides is 1. The molecule has 19 heavy (non-hydrogen) atoms. The van der Waals surface area contributed by atoms with Gasteiger partial charge in [0.2, 0.25) is 10.0 Å². The molecule has 0 radical (unpaired) electrons. The maximum absolute atomic E-state index is 12.7. The molecule has 1 N–H and O–H groups in total. The van der Waals surface area contributed by atoms with E-state index < -0.39 is 10.0 Å². The Balaban J connectivity index is 1.96. The molecule has 0 aromatic heterocycles. The van der Waals surface area contributed by atoms with Crippen LogP contribution in [-0.4, -0.2) is 31.9 Å². The molecular formula is C14H20N2O2S. The van der Waals surface area contributed by atoms with E-state index >= 15 is 0 Å². The van der Waals surface area contributed by atoms with Gasteiger partial charge in [-0.1, -0.05) is 6.92 Å². The Kier molecular flexibility index (Phi) is 3.27. The SMILES string of the molecule is CCC1CCCN1S(=O)(=O)c1ccc2c(c1)CCN2. The first-order valence-corrected chi connectivity index (χ1v) is 8.45. The molecule has 5 heteroatoms. The van der Waals surface area contributed by atoms with Crippen molar-refractivity contribution >= 4 is 15.7 Å². The van der Waals surface area contributed by atoms with Crippen LogP contribution >= 0.6 is 0 Å². The van der Waals surface area contributed by atoms with Crippen LogP contribution in [0.25, 0.3) is 0 Å². The van der Waals surface area contributed by atoms with E-state index in [1.54, 1.807) is 10.4 Å². The van der Waals surface area contributed by atoms with Gasteiger partial charge in [0.15, 0.2) is 0 Å². The van der Waals surface area contributed by atoms with Crippen LogP contribution in [0.4, 0.5) is 5.69 Å². The van der Waals surface area contributed by atoms with Crippen molar-refractivity contribution in [1.82, 2.24) is 4.31 Å². The third kappa shape index (κ3) is 2.15. The molecule has 1 aromatic rings. The zero-order valence-electron chi connectivity index (χ0n) is 11.2. The van der Waals surface area contributed by atoms with Gasteiger partial charge in [0.05, 0.1) is 4.90 Å². The zero-order valence-corrected chi connectivity index (χ0v) is 12.0. The smallest absolute Gasteiger partial charge is 0.243 e. The first-order valence-electron chi connectivity index (χ1n) is 7.01. The van der Waals surface area contributed by atoms with Gasteiger partial charge in [-0.25, -0.2) is 8.42 Å². The van der Waals surface area contributed by atoms with Crippen LogP contribution in [0.2, 0.25) is 0 Å². The first kappa shape index (κ1) is 12.9. The fourth-order valence-electron chi connectivity index (χ4n) is 3.11. The molecule has 2 aliphatic rings. The van der Waals surface area contributed by atoms with Crippen molar-refractivity contribution < 1.29 is 8.42 Å². The molecule has 0 saturated carbocycles. The Morgan fingerprint density at radius 1 is 1.42 bits per heavy atom. The van der Waals surface area contributed by atoms with Crippen molar-refractivity contribution in [2.45, 2.75) is 43.5 Å². The zero-order chi connectivity index (χ0) is 13.5. The van der Waals surface area contributed by atoms with Crippen LogP contribution < -0.4 is 5.32 Å². The molecule has 1 atom stereocenters. The van der Waals surface area contributed by atoms with Crippen LogP contribution in [0.5, 0.6) is 0 Å². The van der Waals surface area contributed by atoms with E-state index in [0.717, 1.165) is 43.5 Å². The fourth-order valence-corrected chi connectivity index (χ4v) is 4.93. The van der Waals surface area contributed by atoms with E-state index in [4.69, 9.17) is 0 Å². The number of anilines is 1. The second-order valence-electron chi connectivity index (χ2n) is 5.32. The minimum Gasteiger partial charge on any atom is -0.384 e. The van der Waals surface area contributed by atoms with Crippen LogP contribution in [0, 0.1) is 0 Å². The summed E-state index contributed by atoms with van der Waals surface area (Å²) in [5, 5.41) is 3.26. The summed E-state index contributed by atoms with van der Waals surface area (Å²) in [4.78, 5) is 0.454. The van der Waals surface area contributed by atoms with E-state index in [2.05, 4.69) is 12.2 Å². The van der Waals surface area contributed by atoms with Gasteiger partial charge in [-0.2, -0.15) is 4.31 Å². The summed E-state index contributed by atoms with van der Waals surface area (Å²) in [6, 6.07) is 5.65. The van der Waals surface area contributed by atoms with Gasteiger partial charge in [-0.3, -0.25) is 0 Å². The van der Waals surface area contributed by atoms with Crippen molar-refractivity contribution in [3.8, 4) is 0 Å². The number of hydrogen-bond acceptors (Lipinski definition) is 3. The second-order valence-corrected chi connectivity index (χ2v) is 7.21. The van der Waals surface area contributed by atoms with E-state index in [1.165, 1.54) is 0 Å². The number of benzene rings is 1. The van der Waals surface area contributed by atoms with Crippen molar-refractivity contribution in [3.63, 3.8) is 0 Å². The van der Waals surface area contributed by atoms with Crippen molar-refractivity contribution in [1.29, 1.82) is 0 Å². The molecule has 3 rings (SSSR count). The minimum absolute atomic E-state index is 0.177. The second kappa shape index (κ2) is 4.80. The topological polar surface area (TPSA) is 49.4 Å². The highest BCUT2D eigenvalue weighted by Crippen LogP contribution is 2.31. The standard InChI is InChI=1S/C14H20N2O2S/c1-2-12-4-3-9-16(12)19(17,18)13-5-6-14-11(10-13)7-8-15-14/h5-6,10,12,15H,2-4,7-9H2,1H3. The lowest BCUT2D eigenvalue weighted by Gasteiger charge is -2.23. The maximum Gasteiger partial charge on any atom is 0.243 e. The number of nitrogens with zero attached hydrogens (tertiary/aromatic N) is 1. The van der Waals surface area contributed by atoms with Crippen molar-refractivity contribution in [2.75, 3.05) is 18.4 Å². The first-order chi connectivity index (χ1) is 9.13. The van der Waals surface area contributed by atoms with E-state index in [9.17, 15) is 8.42 Å². The summed E-state index contributed by atoms with van der Waals surface area (Å²) in [6.45, 7) is 3.63. The number of fused-ring (bicyclic) bond motifs is 1. The minimum atomic E-state index is -3.32. The highest BCUT2D eigenvalue weighted by molar-refractivity contribution is 7.89. The van der Waals surface area contributed by atoms with Gasteiger partial charge >= 0.3 is 0 Å². The Labute approximate surface area is 114 Å². The van der Waals surface area contributed by atoms with E-state index in [-0.39, 0.29) is 6.04 Å². The lowest BCUT2D eigenvalue weighted by Crippen LogP contribution is -2.35. The van der Waals surface area contributed by atoms with Gasteiger partial charge in [0.1, 0.15) is 0 Å². The summed E-state index contributed by atoms with van der Waals surface area (Å²) in [5.74, 6) is 0. The molecule has 1 unspecified atom stereocenters. The molecular weight excluding hydrogens is 260 g/mol. The van der Waals surface area contributed by atoms with Crippen LogP contribution in [-0.2, 0) is 16.4 Å². The van der Waals surface area contributed by atoms with Crippen molar-refractivity contribution in [2.24, 2.45) is 0 Å². The molecule has 4 nitrogen and oxygen atoms in total. The number of rotatable bonds is 3. The quantitative estimate of drug-likeness (QED) is 0.923.